The van der Waals surface area contributed by atoms with Crippen molar-refractivity contribution in [3.63, 3.8) is 0 Å². The summed E-state index contributed by atoms with van der Waals surface area (Å²) in [7, 11) is 0.232. The molecule has 0 bridgehead atoms. The van der Waals surface area contributed by atoms with Crippen LogP contribution < -0.4 is 0 Å². The Hall–Kier alpha value is -1.08. The zero-order valence-electron chi connectivity index (χ0n) is 18.7. The van der Waals surface area contributed by atoms with Gasteiger partial charge in [0, 0.05) is 18.5 Å². The second-order valence-electron chi connectivity index (χ2n) is 7.92. The highest BCUT2D eigenvalue weighted by molar-refractivity contribution is 8.00. The minimum atomic E-state index is -1.28. The Morgan fingerprint density at radius 3 is 1.93 bits per heavy atom. The summed E-state index contributed by atoms with van der Waals surface area (Å²) in [6.45, 7) is 11.3. The van der Waals surface area contributed by atoms with E-state index in [-0.39, 0.29) is 11.8 Å². The standard InChI is InChI=1S/C24H40BO2P/c1-6-9-18-28(19-10-7-2,20-11-8-3)25-23(24(26)27-5)17-16-22-14-12-21(4)13-15-22/h12-17,23H,6-11,18-20H2,1-5H3/b17-16+. The van der Waals surface area contributed by atoms with Gasteiger partial charge in [0.05, 0.1) is 7.11 Å². The molecule has 2 nitrogen and oxygen atoms in total. The van der Waals surface area contributed by atoms with Crippen LogP contribution in [0.25, 0.3) is 6.08 Å². The molecule has 0 aromatic heterocycles. The van der Waals surface area contributed by atoms with Crippen molar-refractivity contribution in [2.24, 2.45) is 0 Å². The third kappa shape index (κ3) is 8.95. The maximum absolute atomic E-state index is 12.6. The molecule has 0 N–H and O–H groups in total. The smallest absolute Gasteiger partial charge is 0.274 e. The van der Waals surface area contributed by atoms with E-state index in [1.54, 1.807) is 0 Å². The van der Waals surface area contributed by atoms with Crippen LogP contribution in [0.2, 0.25) is 5.82 Å². The average Bonchev–Trinajstić information content (AvgIpc) is 2.72. The van der Waals surface area contributed by atoms with Crippen LogP contribution in [0.4, 0.5) is 0 Å². The number of carbonyl (C=O) groups is 1. The van der Waals surface area contributed by atoms with Gasteiger partial charge in [-0.25, -0.2) is 7.14 Å². The molecule has 1 aromatic rings. The highest BCUT2D eigenvalue weighted by Gasteiger charge is 2.28. The van der Waals surface area contributed by atoms with Crippen molar-refractivity contribution < 1.29 is 9.53 Å². The first kappa shape index (κ1) is 25.0. The molecule has 0 fully saturated rings. The minimum absolute atomic E-state index is 0.128. The molecule has 28 heavy (non-hydrogen) atoms. The van der Waals surface area contributed by atoms with Crippen molar-refractivity contribution in [1.82, 2.24) is 0 Å². The average molecular weight is 402 g/mol. The van der Waals surface area contributed by atoms with E-state index in [9.17, 15) is 4.79 Å². The Kier molecular flexibility index (Phi) is 12.5. The van der Waals surface area contributed by atoms with Crippen LogP contribution >= 0.6 is 7.14 Å². The fourth-order valence-electron chi connectivity index (χ4n) is 3.54. The molecule has 0 aliphatic carbocycles. The Balaban J connectivity index is 3.08. The maximum Gasteiger partial charge on any atom is 0.274 e. The molecular weight excluding hydrogens is 362 g/mol. The van der Waals surface area contributed by atoms with E-state index < -0.39 is 7.14 Å². The van der Waals surface area contributed by atoms with Crippen molar-refractivity contribution in [2.45, 2.75) is 72.0 Å². The summed E-state index contributed by atoms with van der Waals surface area (Å²) in [5, 5.41) is 0. The lowest BCUT2D eigenvalue weighted by Crippen LogP contribution is -2.23. The first-order valence-corrected chi connectivity index (χ1v) is 13.5. The number of aryl methyl sites for hydroxylation is 1. The molecule has 1 atom stereocenters. The second-order valence-corrected chi connectivity index (χ2v) is 12.0. The van der Waals surface area contributed by atoms with E-state index in [1.807, 2.05) is 0 Å². The van der Waals surface area contributed by atoms with Gasteiger partial charge in [-0.15, -0.1) is 6.08 Å². The molecule has 4 heteroatoms. The number of unbranched alkanes of at least 4 members (excludes halogenated alkanes) is 3. The predicted molar refractivity (Wildman–Crippen MR) is 128 cm³/mol. The minimum Gasteiger partial charge on any atom is -0.471 e. The van der Waals surface area contributed by atoms with Crippen molar-refractivity contribution >= 4 is 26.2 Å². The van der Waals surface area contributed by atoms with Crippen molar-refractivity contribution in [1.29, 1.82) is 0 Å². The third-order valence-corrected chi connectivity index (χ3v) is 9.97. The van der Waals surface area contributed by atoms with Gasteiger partial charge in [-0.05, 0) is 31.7 Å². The molecule has 1 unspecified atom stereocenters. The molecule has 0 amide bonds. The molecule has 156 valence electrons. The second kappa shape index (κ2) is 14.0. The number of methoxy groups -OCH3 is 1. The van der Waals surface area contributed by atoms with Crippen molar-refractivity contribution in [2.75, 3.05) is 25.6 Å². The Morgan fingerprint density at radius 2 is 1.50 bits per heavy atom. The van der Waals surface area contributed by atoms with Gasteiger partial charge in [0.25, 0.3) is 5.97 Å². The third-order valence-electron chi connectivity index (χ3n) is 5.39. The van der Waals surface area contributed by atoms with Gasteiger partial charge in [-0.2, -0.15) is 0 Å². The van der Waals surface area contributed by atoms with E-state index in [0.29, 0.717) is 0 Å². The van der Waals surface area contributed by atoms with Crippen molar-refractivity contribution in [3.8, 4) is 0 Å². The summed E-state index contributed by atoms with van der Waals surface area (Å²) in [5.41, 5.74) is 2.38. The number of ether oxygens (including phenoxy) is 1. The zero-order valence-corrected chi connectivity index (χ0v) is 19.6. The van der Waals surface area contributed by atoms with Crippen LogP contribution in [0.1, 0.15) is 70.4 Å². The number of esters is 1. The summed E-state index contributed by atoms with van der Waals surface area (Å²) >= 11 is 0. The molecule has 0 saturated carbocycles. The first-order valence-electron chi connectivity index (χ1n) is 11.0. The number of carbonyl (C=O) groups excluding carboxylic acids is 1. The Bertz CT molecular complexity index is 561. The molecule has 0 aliphatic heterocycles. The summed E-state index contributed by atoms with van der Waals surface area (Å²) < 4.78 is 5.18. The molecule has 2 radical (unpaired) electrons. The SMILES string of the molecule is CCCC[P+]([B-]C(/C=C/c1ccc(C)cc1)C(=O)OC)(CCCC)CCCC. The van der Waals surface area contributed by atoms with Crippen LogP contribution in [-0.2, 0) is 9.53 Å². The number of hydrogen-bond donors (Lipinski definition) is 0. The molecule has 1 aromatic carbocycles. The van der Waals surface area contributed by atoms with Gasteiger partial charge < -0.3 is 4.74 Å². The fraction of sp³-hybridized carbons (Fsp3) is 0.625. The summed E-state index contributed by atoms with van der Waals surface area (Å²) in [6, 6.07) is 8.43. The number of rotatable bonds is 14. The monoisotopic (exact) mass is 402 g/mol. The van der Waals surface area contributed by atoms with Crippen LogP contribution in [-0.4, -0.2) is 38.6 Å². The first-order chi connectivity index (χ1) is 13.5. The quantitative estimate of drug-likeness (QED) is 0.190. The Labute approximate surface area is 175 Å². The Morgan fingerprint density at radius 1 is 1.00 bits per heavy atom. The predicted octanol–water partition coefficient (Wildman–Crippen LogP) is 7.01. The maximum atomic E-state index is 12.6. The lowest BCUT2D eigenvalue weighted by molar-refractivity contribution is -0.139. The van der Waals surface area contributed by atoms with Crippen molar-refractivity contribution in [3.05, 3.63) is 41.5 Å². The summed E-state index contributed by atoms with van der Waals surface area (Å²) in [5.74, 6) is -0.373. The van der Waals surface area contributed by atoms with E-state index in [2.05, 4.69) is 71.1 Å². The fourth-order valence-corrected chi connectivity index (χ4v) is 8.39. The highest BCUT2D eigenvalue weighted by atomic mass is 31.2. The normalized spacial score (nSPS) is 13.0. The van der Waals surface area contributed by atoms with Gasteiger partial charge in [0.1, 0.15) is 0 Å². The van der Waals surface area contributed by atoms with Gasteiger partial charge in [-0.3, -0.25) is 4.79 Å². The molecule has 0 spiro atoms. The summed E-state index contributed by atoms with van der Waals surface area (Å²) in [4.78, 5) is 12.6. The van der Waals surface area contributed by atoms with Gasteiger partial charge >= 0.3 is 0 Å². The van der Waals surface area contributed by atoms with E-state index in [4.69, 9.17) is 4.74 Å². The van der Waals surface area contributed by atoms with Crippen LogP contribution in [0.15, 0.2) is 30.3 Å². The lowest BCUT2D eigenvalue weighted by Gasteiger charge is -2.42. The van der Waals surface area contributed by atoms with E-state index >= 15 is 0 Å². The van der Waals surface area contributed by atoms with Gasteiger partial charge in [-0.1, -0.05) is 88.8 Å². The molecular formula is C24H40BO2P. The highest BCUT2D eigenvalue weighted by Crippen LogP contribution is 2.61. The zero-order chi connectivity index (χ0) is 20.8. The van der Waals surface area contributed by atoms with E-state index in [0.717, 1.165) is 5.56 Å². The van der Waals surface area contributed by atoms with Crippen LogP contribution in [0, 0.1) is 6.92 Å². The van der Waals surface area contributed by atoms with Gasteiger partial charge in [0.15, 0.2) is 0 Å². The largest absolute Gasteiger partial charge is 0.471 e. The topological polar surface area (TPSA) is 26.3 Å². The van der Waals surface area contributed by atoms with E-state index in [1.165, 1.54) is 69.7 Å². The lowest BCUT2D eigenvalue weighted by atomic mass is 9.85. The molecule has 0 saturated heterocycles. The molecule has 1 rings (SSSR count). The number of benzene rings is 1. The summed E-state index contributed by atoms with van der Waals surface area (Å²) in [6.07, 6.45) is 15.4. The van der Waals surface area contributed by atoms with Crippen LogP contribution in [0.3, 0.4) is 0 Å². The van der Waals surface area contributed by atoms with Crippen LogP contribution in [0.5, 0.6) is 0 Å². The molecule has 0 heterocycles. The van der Waals surface area contributed by atoms with Gasteiger partial charge in [0.2, 0.25) is 0 Å². The number of hydrogen-bond acceptors (Lipinski definition) is 2. The molecule has 0 aliphatic rings.